The van der Waals surface area contributed by atoms with Crippen LogP contribution in [0.15, 0.2) is 24.3 Å². The topological polar surface area (TPSA) is 53.6 Å². The number of benzene rings is 1. The third-order valence-corrected chi connectivity index (χ3v) is 3.03. The molecule has 4 nitrogen and oxygen atoms in total. The van der Waals surface area contributed by atoms with Crippen LogP contribution in [0.1, 0.15) is 30.4 Å². The zero-order valence-corrected chi connectivity index (χ0v) is 9.99. The standard InChI is InChI=1S/C13H15FN4/c14-10-3-5-11(6-4-10)15-8-7-12-16-13(18-17-12)9-1-2-9/h3-6,9,15H,1-2,7-8H2,(H,16,17,18). The summed E-state index contributed by atoms with van der Waals surface area (Å²) in [5.74, 6) is 2.23. The molecule has 2 N–H and O–H groups in total. The first-order chi connectivity index (χ1) is 8.81. The van der Waals surface area contributed by atoms with Crippen LogP contribution < -0.4 is 5.32 Å². The Morgan fingerprint density at radius 2 is 2.06 bits per heavy atom. The Morgan fingerprint density at radius 3 is 2.78 bits per heavy atom. The lowest BCUT2D eigenvalue weighted by Crippen LogP contribution is -2.06. The van der Waals surface area contributed by atoms with Gasteiger partial charge in [-0.1, -0.05) is 0 Å². The zero-order chi connectivity index (χ0) is 12.4. The number of H-pyrrole nitrogens is 1. The second kappa shape index (κ2) is 4.76. The van der Waals surface area contributed by atoms with E-state index in [1.54, 1.807) is 12.1 Å². The molecule has 1 heterocycles. The van der Waals surface area contributed by atoms with Crippen LogP contribution in [-0.4, -0.2) is 21.7 Å². The fourth-order valence-corrected chi connectivity index (χ4v) is 1.84. The monoisotopic (exact) mass is 246 g/mol. The molecule has 0 radical (unpaired) electrons. The van der Waals surface area contributed by atoms with E-state index in [4.69, 9.17) is 0 Å². The Bertz CT molecular complexity index is 516. The molecule has 0 amide bonds. The number of anilines is 1. The van der Waals surface area contributed by atoms with E-state index in [9.17, 15) is 4.39 Å². The lowest BCUT2D eigenvalue weighted by molar-refractivity contribution is 0.628. The Kier molecular flexibility index (Phi) is 2.96. The highest BCUT2D eigenvalue weighted by Crippen LogP contribution is 2.37. The molecule has 0 aliphatic heterocycles. The second-order valence-corrected chi connectivity index (χ2v) is 4.60. The van der Waals surface area contributed by atoms with E-state index < -0.39 is 0 Å². The van der Waals surface area contributed by atoms with Gasteiger partial charge in [-0.3, -0.25) is 5.10 Å². The second-order valence-electron chi connectivity index (χ2n) is 4.60. The number of halogens is 1. The van der Waals surface area contributed by atoms with Crippen LogP contribution in [0.3, 0.4) is 0 Å². The summed E-state index contributed by atoms with van der Waals surface area (Å²) in [6.45, 7) is 0.755. The van der Waals surface area contributed by atoms with E-state index in [0.717, 1.165) is 30.3 Å². The lowest BCUT2D eigenvalue weighted by atomic mass is 10.3. The highest BCUT2D eigenvalue weighted by atomic mass is 19.1. The average Bonchev–Trinajstić information content (AvgIpc) is 3.12. The first kappa shape index (κ1) is 11.2. The molecule has 0 spiro atoms. The molecular weight excluding hydrogens is 231 g/mol. The van der Waals surface area contributed by atoms with E-state index in [0.29, 0.717) is 5.92 Å². The molecule has 1 aliphatic rings. The van der Waals surface area contributed by atoms with Crippen LogP contribution in [-0.2, 0) is 6.42 Å². The largest absolute Gasteiger partial charge is 0.385 e. The van der Waals surface area contributed by atoms with Gasteiger partial charge in [0.05, 0.1) is 0 Å². The van der Waals surface area contributed by atoms with Crippen molar-refractivity contribution in [2.75, 3.05) is 11.9 Å². The molecule has 0 unspecified atom stereocenters. The van der Waals surface area contributed by atoms with Gasteiger partial charge < -0.3 is 5.32 Å². The molecule has 18 heavy (non-hydrogen) atoms. The van der Waals surface area contributed by atoms with Gasteiger partial charge in [-0.25, -0.2) is 9.37 Å². The molecule has 94 valence electrons. The Hall–Kier alpha value is -1.91. The van der Waals surface area contributed by atoms with E-state index in [1.807, 2.05) is 0 Å². The van der Waals surface area contributed by atoms with E-state index in [-0.39, 0.29) is 5.82 Å². The summed E-state index contributed by atoms with van der Waals surface area (Å²) < 4.78 is 12.7. The molecule has 1 aromatic carbocycles. The minimum absolute atomic E-state index is 0.218. The molecule has 1 saturated carbocycles. The fraction of sp³-hybridized carbons (Fsp3) is 0.385. The lowest BCUT2D eigenvalue weighted by Gasteiger charge is -2.04. The predicted octanol–water partition coefficient (Wildman–Crippen LogP) is 2.48. The highest BCUT2D eigenvalue weighted by molar-refractivity contribution is 5.42. The zero-order valence-electron chi connectivity index (χ0n) is 9.99. The molecule has 2 aromatic rings. The van der Waals surface area contributed by atoms with Crippen LogP contribution in [0.2, 0.25) is 0 Å². The Labute approximate surface area is 105 Å². The molecular formula is C13H15FN4. The quantitative estimate of drug-likeness (QED) is 0.852. The van der Waals surface area contributed by atoms with Gasteiger partial charge in [0.15, 0.2) is 5.82 Å². The van der Waals surface area contributed by atoms with Gasteiger partial charge in [0, 0.05) is 24.6 Å². The minimum atomic E-state index is -0.218. The SMILES string of the molecule is Fc1ccc(NCCc2nc(C3CC3)n[nH]2)cc1. The number of aromatic nitrogens is 3. The molecule has 1 aliphatic carbocycles. The maximum Gasteiger partial charge on any atom is 0.153 e. The maximum atomic E-state index is 12.7. The van der Waals surface area contributed by atoms with Crippen LogP contribution >= 0.6 is 0 Å². The third-order valence-electron chi connectivity index (χ3n) is 3.03. The van der Waals surface area contributed by atoms with Crippen LogP contribution in [0.25, 0.3) is 0 Å². The van der Waals surface area contributed by atoms with Crippen molar-refractivity contribution in [3.8, 4) is 0 Å². The summed E-state index contributed by atoms with van der Waals surface area (Å²) in [6.07, 6.45) is 3.22. The van der Waals surface area contributed by atoms with E-state index >= 15 is 0 Å². The number of nitrogens with zero attached hydrogens (tertiary/aromatic N) is 2. The summed E-state index contributed by atoms with van der Waals surface area (Å²) in [4.78, 5) is 4.45. The van der Waals surface area contributed by atoms with Crippen molar-refractivity contribution in [3.05, 3.63) is 41.7 Å². The molecule has 1 aromatic heterocycles. The highest BCUT2D eigenvalue weighted by Gasteiger charge is 2.27. The van der Waals surface area contributed by atoms with Crippen molar-refractivity contribution in [1.82, 2.24) is 15.2 Å². The van der Waals surface area contributed by atoms with Gasteiger partial charge >= 0.3 is 0 Å². The molecule has 0 bridgehead atoms. The molecule has 1 fully saturated rings. The van der Waals surface area contributed by atoms with Gasteiger partial charge in [0.2, 0.25) is 0 Å². The van der Waals surface area contributed by atoms with Crippen LogP contribution in [0.5, 0.6) is 0 Å². The summed E-state index contributed by atoms with van der Waals surface area (Å²) in [5, 5.41) is 10.4. The fourth-order valence-electron chi connectivity index (χ4n) is 1.84. The smallest absolute Gasteiger partial charge is 0.153 e. The van der Waals surface area contributed by atoms with Gasteiger partial charge in [-0.05, 0) is 37.1 Å². The van der Waals surface area contributed by atoms with Crippen molar-refractivity contribution in [2.24, 2.45) is 0 Å². The molecule has 5 heteroatoms. The average molecular weight is 246 g/mol. The van der Waals surface area contributed by atoms with Gasteiger partial charge in [0.1, 0.15) is 11.6 Å². The van der Waals surface area contributed by atoms with E-state index in [2.05, 4.69) is 20.5 Å². The molecule has 0 saturated heterocycles. The summed E-state index contributed by atoms with van der Waals surface area (Å²) in [6, 6.07) is 6.35. The number of rotatable bonds is 5. The Morgan fingerprint density at radius 1 is 1.28 bits per heavy atom. The van der Waals surface area contributed by atoms with Crippen molar-refractivity contribution in [3.63, 3.8) is 0 Å². The summed E-state index contributed by atoms with van der Waals surface area (Å²) >= 11 is 0. The van der Waals surface area contributed by atoms with Gasteiger partial charge in [0.25, 0.3) is 0 Å². The third kappa shape index (κ3) is 2.67. The minimum Gasteiger partial charge on any atom is -0.385 e. The first-order valence-electron chi connectivity index (χ1n) is 6.22. The number of hydrogen-bond acceptors (Lipinski definition) is 3. The summed E-state index contributed by atoms with van der Waals surface area (Å²) in [5.41, 5.74) is 0.915. The summed E-state index contributed by atoms with van der Waals surface area (Å²) in [7, 11) is 0. The number of hydrogen-bond donors (Lipinski definition) is 2. The number of aromatic amines is 1. The maximum absolute atomic E-state index is 12.7. The normalized spacial score (nSPS) is 14.7. The predicted molar refractivity (Wildman–Crippen MR) is 67.0 cm³/mol. The van der Waals surface area contributed by atoms with Crippen molar-refractivity contribution >= 4 is 5.69 Å². The van der Waals surface area contributed by atoms with Crippen molar-refractivity contribution in [1.29, 1.82) is 0 Å². The van der Waals surface area contributed by atoms with Gasteiger partial charge in [-0.15, -0.1) is 0 Å². The first-order valence-corrected chi connectivity index (χ1v) is 6.22. The van der Waals surface area contributed by atoms with E-state index in [1.165, 1.54) is 25.0 Å². The van der Waals surface area contributed by atoms with Crippen molar-refractivity contribution < 1.29 is 4.39 Å². The molecule has 0 atom stereocenters. The molecule has 3 rings (SSSR count). The van der Waals surface area contributed by atoms with Crippen LogP contribution in [0.4, 0.5) is 10.1 Å². The van der Waals surface area contributed by atoms with Crippen molar-refractivity contribution in [2.45, 2.75) is 25.2 Å². The van der Waals surface area contributed by atoms with Gasteiger partial charge in [-0.2, -0.15) is 5.10 Å². The van der Waals surface area contributed by atoms with Crippen LogP contribution in [0, 0.1) is 5.82 Å². The Balaban J connectivity index is 1.49. The number of nitrogens with one attached hydrogen (secondary N) is 2.